The summed E-state index contributed by atoms with van der Waals surface area (Å²) in [5.74, 6) is 0.217. The molecule has 1 aromatic carbocycles. The number of sulfone groups is 1. The van der Waals surface area contributed by atoms with E-state index in [1.165, 1.54) is 21.9 Å². The molecule has 1 N–H and O–H groups in total. The Balaban J connectivity index is 2.28. The Morgan fingerprint density at radius 3 is 2.74 bits per heavy atom. The summed E-state index contributed by atoms with van der Waals surface area (Å²) in [7, 11) is -2.92. The standard InChI is InChI=1S/C14H19NO2S2/c1-3-15-13(8-9-19(2,16)17)12-10-18-14-7-5-4-6-11(12)14/h4-7,10,13,15H,3,8-9H2,1-2H3. The zero-order chi connectivity index (χ0) is 13.9. The summed E-state index contributed by atoms with van der Waals surface area (Å²) in [6.45, 7) is 2.88. The first-order valence-corrected chi connectivity index (χ1v) is 9.32. The molecule has 2 rings (SSSR count). The second-order valence-corrected chi connectivity index (χ2v) is 7.89. The van der Waals surface area contributed by atoms with Gasteiger partial charge in [0.25, 0.3) is 0 Å². The Kier molecular flexibility index (Phi) is 4.60. The lowest BCUT2D eigenvalue weighted by Gasteiger charge is -2.17. The summed E-state index contributed by atoms with van der Waals surface area (Å²) >= 11 is 1.71. The zero-order valence-corrected chi connectivity index (χ0v) is 12.9. The van der Waals surface area contributed by atoms with Gasteiger partial charge < -0.3 is 5.32 Å². The first kappa shape index (κ1) is 14.5. The van der Waals surface area contributed by atoms with Crippen LogP contribution in [0.4, 0.5) is 0 Å². The minimum absolute atomic E-state index is 0.107. The molecule has 19 heavy (non-hydrogen) atoms. The predicted octanol–water partition coefficient (Wildman–Crippen LogP) is 2.99. The van der Waals surface area contributed by atoms with Gasteiger partial charge in [0.15, 0.2) is 0 Å². The van der Waals surface area contributed by atoms with Crippen molar-refractivity contribution in [2.75, 3.05) is 18.6 Å². The first-order chi connectivity index (χ1) is 9.01. The van der Waals surface area contributed by atoms with E-state index in [2.05, 4.69) is 22.8 Å². The maximum absolute atomic E-state index is 11.3. The van der Waals surface area contributed by atoms with Crippen molar-refractivity contribution < 1.29 is 8.42 Å². The Hall–Kier alpha value is -0.910. The van der Waals surface area contributed by atoms with E-state index in [1.807, 2.05) is 19.1 Å². The minimum Gasteiger partial charge on any atom is -0.310 e. The summed E-state index contributed by atoms with van der Waals surface area (Å²) in [5, 5.41) is 6.76. The lowest BCUT2D eigenvalue weighted by molar-refractivity contribution is 0.533. The second kappa shape index (κ2) is 6.03. The van der Waals surface area contributed by atoms with E-state index < -0.39 is 9.84 Å². The van der Waals surface area contributed by atoms with Gasteiger partial charge >= 0.3 is 0 Å². The van der Waals surface area contributed by atoms with Gasteiger partial charge in [-0.25, -0.2) is 8.42 Å². The molecule has 0 bridgehead atoms. The molecule has 0 saturated carbocycles. The molecule has 0 radical (unpaired) electrons. The van der Waals surface area contributed by atoms with E-state index in [1.54, 1.807) is 11.3 Å². The largest absolute Gasteiger partial charge is 0.310 e. The molecule has 0 aliphatic carbocycles. The topological polar surface area (TPSA) is 46.2 Å². The van der Waals surface area contributed by atoms with E-state index in [-0.39, 0.29) is 11.8 Å². The van der Waals surface area contributed by atoms with Crippen molar-refractivity contribution in [1.29, 1.82) is 0 Å². The monoisotopic (exact) mass is 297 g/mol. The van der Waals surface area contributed by atoms with Crippen molar-refractivity contribution in [3.63, 3.8) is 0 Å². The summed E-state index contributed by atoms with van der Waals surface area (Å²) in [5.41, 5.74) is 1.21. The van der Waals surface area contributed by atoms with E-state index in [4.69, 9.17) is 0 Å². The van der Waals surface area contributed by atoms with Crippen molar-refractivity contribution in [3.8, 4) is 0 Å². The van der Waals surface area contributed by atoms with E-state index in [9.17, 15) is 8.42 Å². The molecule has 1 heterocycles. The van der Waals surface area contributed by atoms with Gasteiger partial charge in [0.1, 0.15) is 9.84 Å². The lowest BCUT2D eigenvalue weighted by atomic mass is 10.0. The van der Waals surface area contributed by atoms with Gasteiger partial charge in [0, 0.05) is 17.0 Å². The van der Waals surface area contributed by atoms with Gasteiger partial charge in [0.05, 0.1) is 5.75 Å². The third kappa shape index (κ3) is 3.78. The molecule has 1 aromatic heterocycles. The van der Waals surface area contributed by atoms with Gasteiger partial charge in [-0.2, -0.15) is 0 Å². The number of nitrogens with one attached hydrogen (secondary N) is 1. The molecule has 0 aliphatic heterocycles. The molecular weight excluding hydrogens is 278 g/mol. The van der Waals surface area contributed by atoms with Crippen molar-refractivity contribution in [2.45, 2.75) is 19.4 Å². The third-order valence-electron chi connectivity index (χ3n) is 3.11. The van der Waals surface area contributed by atoms with Crippen molar-refractivity contribution in [1.82, 2.24) is 5.32 Å². The molecule has 0 fully saturated rings. The molecule has 1 unspecified atom stereocenters. The van der Waals surface area contributed by atoms with Gasteiger partial charge in [-0.3, -0.25) is 0 Å². The molecule has 2 aromatic rings. The highest BCUT2D eigenvalue weighted by molar-refractivity contribution is 7.90. The quantitative estimate of drug-likeness (QED) is 0.891. The normalized spacial score (nSPS) is 13.8. The van der Waals surface area contributed by atoms with Gasteiger partial charge in [-0.1, -0.05) is 25.1 Å². The van der Waals surface area contributed by atoms with Gasteiger partial charge in [0.2, 0.25) is 0 Å². The van der Waals surface area contributed by atoms with E-state index in [0.717, 1.165) is 6.54 Å². The van der Waals surface area contributed by atoms with Crippen molar-refractivity contribution in [3.05, 3.63) is 35.2 Å². The maximum atomic E-state index is 11.3. The van der Waals surface area contributed by atoms with Gasteiger partial charge in [-0.15, -0.1) is 11.3 Å². The smallest absolute Gasteiger partial charge is 0.147 e. The number of hydrogen-bond acceptors (Lipinski definition) is 4. The molecule has 5 heteroatoms. The fourth-order valence-electron chi connectivity index (χ4n) is 2.21. The lowest BCUT2D eigenvalue weighted by Crippen LogP contribution is -2.23. The van der Waals surface area contributed by atoms with Crippen LogP contribution in [0.5, 0.6) is 0 Å². The van der Waals surface area contributed by atoms with Crippen molar-refractivity contribution in [2.24, 2.45) is 0 Å². The van der Waals surface area contributed by atoms with E-state index in [0.29, 0.717) is 6.42 Å². The zero-order valence-electron chi connectivity index (χ0n) is 11.2. The molecule has 1 atom stereocenters. The summed E-state index contributed by atoms with van der Waals surface area (Å²) in [6, 6.07) is 8.37. The summed E-state index contributed by atoms with van der Waals surface area (Å²) < 4.78 is 23.9. The Bertz CT molecular complexity index is 646. The van der Waals surface area contributed by atoms with Crippen molar-refractivity contribution >= 4 is 31.3 Å². The Morgan fingerprint density at radius 1 is 1.32 bits per heavy atom. The van der Waals surface area contributed by atoms with Crippen LogP contribution in [-0.4, -0.2) is 27.0 Å². The SMILES string of the molecule is CCNC(CCS(C)(=O)=O)c1csc2ccccc12. The second-order valence-electron chi connectivity index (χ2n) is 4.72. The summed E-state index contributed by atoms with van der Waals surface area (Å²) in [6.07, 6.45) is 1.91. The Labute approximate surface area is 118 Å². The number of benzene rings is 1. The third-order valence-corrected chi connectivity index (χ3v) is 5.07. The van der Waals surface area contributed by atoms with Crippen LogP contribution >= 0.6 is 11.3 Å². The Morgan fingerprint density at radius 2 is 2.05 bits per heavy atom. The average Bonchev–Trinajstić information content (AvgIpc) is 2.77. The van der Waals surface area contributed by atoms with Crippen LogP contribution in [0.1, 0.15) is 24.9 Å². The van der Waals surface area contributed by atoms with Crippen LogP contribution in [0, 0.1) is 0 Å². The fraction of sp³-hybridized carbons (Fsp3) is 0.429. The fourth-order valence-corrected chi connectivity index (χ4v) is 3.89. The van der Waals surface area contributed by atoms with Crippen LogP contribution in [0.25, 0.3) is 10.1 Å². The van der Waals surface area contributed by atoms with E-state index >= 15 is 0 Å². The van der Waals surface area contributed by atoms with Crippen LogP contribution in [-0.2, 0) is 9.84 Å². The summed E-state index contributed by atoms with van der Waals surface area (Å²) in [4.78, 5) is 0. The van der Waals surface area contributed by atoms with Crippen LogP contribution < -0.4 is 5.32 Å². The highest BCUT2D eigenvalue weighted by atomic mass is 32.2. The number of thiophene rings is 1. The van der Waals surface area contributed by atoms with Crippen LogP contribution in [0.3, 0.4) is 0 Å². The predicted molar refractivity (Wildman–Crippen MR) is 82.6 cm³/mol. The molecule has 0 aliphatic rings. The number of hydrogen-bond donors (Lipinski definition) is 1. The molecule has 0 spiro atoms. The minimum atomic E-state index is -2.92. The molecule has 0 amide bonds. The van der Waals surface area contributed by atoms with Crippen LogP contribution in [0.15, 0.2) is 29.6 Å². The highest BCUT2D eigenvalue weighted by Crippen LogP contribution is 2.31. The molecule has 104 valence electrons. The molecular formula is C14H19NO2S2. The highest BCUT2D eigenvalue weighted by Gasteiger charge is 2.16. The molecule has 3 nitrogen and oxygen atoms in total. The number of fused-ring (bicyclic) bond motifs is 1. The first-order valence-electron chi connectivity index (χ1n) is 6.38. The van der Waals surface area contributed by atoms with Gasteiger partial charge in [-0.05, 0) is 35.4 Å². The number of rotatable bonds is 6. The average molecular weight is 297 g/mol. The maximum Gasteiger partial charge on any atom is 0.147 e. The van der Waals surface area contributed by atoms with Crippen LogP contribution in [0.2, 0.25) is 0 Å². The molecule has 0 saturated heterocycles.